The van der Waals surface area contributed by atoms with Crippen molar-refractivity contribution in [1.82, 2.24) is 10.1 Å². The predicted molar refractivity (Wildman–Crippen MR) is 139 cm³/mol. The van der Waals surface area contributed by atoms with Crippen LogP contribution in [0.3, 0.4) is 0 Å². The Morgan fingerprint density at radius 2 is 1.84 bits per heavy atom. The zero-order valence-electron chi connectivity index (χ0n) is 20.3. The van der Waals surface area contributed by atoms with Gasteiger partial charge in [0, 0.05) is 17.3 Å². The van der Waals surface area contributed by atoms with Crippen molar-refractivity contribution in [3.05, 3.63) is 76.6 Å². The lowest BCUT2D eigenvalue weighted by molar-refractivity contribution is -0.119. The fourth-order valence-corrected chi connectivity index (χ4v) is 4.45. The van der Waals surface area contributed by atoms with Gasteiger partial charge in [-0.3, -0.25) is 14.4 Å². The summed E-state index contributed by atoms with van der Waals surface area (Å²) in [6.07, 6.45) is 0. The molecule has 2 heterocycles. The van der Waals surface area contributed by atoms with Gasteiger partial charge in [-0.2, -0.15) is 0 Å². The highest BCUT2D eigenvalue weighted by Crippen LogP contribution is 2.36. The first-order valence-electron chi connectivity index (χ1n) is 11.2. The molecule has 0 bridgehead atoms. The summed E-state index contributed by atoms with van der Waals surface area (Å²) >= 11 is 0.977. The lowest BCUT2D eigenvalue weighted by Gasteiger charge is -2.26. The predicted octanol–water partition coefficient (Wildman–Crippen LogP) is 3.42. The average Bonchev–Trinajstić information content (AvgIpc) is 3.48. The van der Waals surface area contributed by atoms with Crippen molar-refractivity contribution in [3.8, 4) is 5.75 Å². The van der Waals surface area contributed by atoms with Crippen molar-refractivity contribution in [2.75, 3.05) is 22.6 Å². The zero-order chi connectivity index (χ0) is 27.4. The highest BCUT2D eigenvalue weighted by molar-refractivity contribution is 7.18. The minimum atomic E-state index is -0.851. The van der Waals surface area contributed by atoms with Crippen molar-refractivity contribution < 1.29 is 28.0 Å². The molecule has 38 heavy (non-hydrogen) atoms. The highest BCUT2D eigenvalue weighted by atomic mass is 32.1. The first kappa shape index (κ1) is 26.3. The Labute approximate surface area is 220 Å². The van der Waals surface area contributed by atoms with Gasteiger partial charge >= 0.3 is 0 Å². The van der Waals surface area contributed by atoms with Crippen molar-refractivity contribution in [3.63, 3.8) is 0 Å². The number of aryl methyl sites for hydroxylation is 1. The molecule has 4 aromatic rings. The molecule has 2 aromatic carbocycles. The van der Waals surface area contributed by atoms with Gasteiger partial charge in [-0.15, -0.1) is 0 Å². The fourth-order valence-electron chi connectivity index (χ4n) is 3.40. The molecule has 0 aliphatic rings. The maximum Gasteiger partial charge on any atom is 0.263 e. The molecule has 13 heteroatoms. The summed E-state index contributed by atoms with van der Waals surface area (Å²) < 4.78 is 23.8. The Balaban J connectivity index is 1.48. The molecule has 196 valence electrons. The molecule has 2 aromatic heterocycles. The standard InChI is InChI=1S/C25H23FN6O5S/c1-13-11-19(31-37-13)29-20(33)12-36-18-9-3-15(4-10-18)21(34)22-23(27)30-25(38-22)32(14(2)24(28)35)17-7-5-16(26)6-8-17/h3-11,14H,12,27H2,1-2H3,(H2,28,35)(H,29,31,33). The largest absolute Gasteiger partial charge is 0.484 e. The van der Waals surface area contributed by atoms with Crippen LogP contribution in [0.25, 0.3) is 0 Å². The maximum atomic E-state index is 13.5. The van der Waals surface area contributed by atoms with Crippen LogP contribution in [0.4, 0.5) is 26.8 Å². The number of nitrogens with two attached hydrogens (primary N) is 2. The molecule has 0 spiro atoms. The molecular weight excluding hydrogens is 515 g/mol. The van der Waals surface area contributed by atoms with Crippen LogP contribution in [0, 0.1) is 12.7 Å². The van der Waals surface area contributed by atoms with Crippen LogP contribution in [-0.2, 0) is 9.59 Å². The van der Waals surface area contributed by atoms with Crippen LogP contribution in [0.1, 0.15) is 27.9 Å². The summed E-state index contributed by atoms with van der Waals surface area (Å²) in [7, 11) is 0. The van der Waals surface area contributed by atoms with Crippen molar-refractivity contribution in [2.24, 2.45) is 5.73 Å². The third-order valence-corrected chi connectivity index (χ3v) is 6.41. The second-order valence-electron chi connectivity index (χ2n) is 8.15. The van der Waals surface area contributed by atoms with Crippen molar-refractivity contribution in [2.45, 2.75) is 19.9 Å². The Hall–Kier alpha value is -4.78. The molecule has 0 radical (unpaired) electrons. The van der Waals surface area contributed by atoms with Gasteiger partial charge in [0.15, 0.2) is 17.6 Å². The van der Waals surface area contributed by atoms with Crippen LogP contribution < -0.4 is 26.4 Å². The van der Waals surface area contributed by atoms with Crippen molar-refractivity contribution in [1.29, 1.82) is 0 Å². The minimum absolute atomic E-state index is 0.0288. The molecule has 5 N–H and O–H groups in total. The lowest BCUT2D eigenvalue weighted by Crippen LogP contribution is -2.39. The number of anilines is 4. The van der Waals surface area contributed by atoms with Crippen molar-refractivity contribution >= 4 is 51.4 Å². The number of ketones is 1. The van der Waals surface area contributed by atoms with Gasteiger partial charge in [-0.25, -0.2) is 9.37 Å². The number of nitrogen functional groups attached to an aromatic ring is 1. The molecule has 0 aliphatic heterocycles. The molecule has 4 rings (SSSR count). The van der Waals surface area contributed by atoms with Gasteiger partial charge in [-0.05, 0) is 62.4 Å². The number of halogens is 1. The number of ether oxygens (including phenoxy) is 1. The monoisotopic (exact) mass is 538 g/mol. The van der Waals surface area contributed by atoms with E-state index < -0.39 is 29.5 Å². The SMILES string of the molecule is Cc1cc(NC(=O)COc2ccc(C(=O)c3sc(N(c4ccc(F)cc4)C(C)C(N)=O)nc3N)cc2)no1. The van der Waals surface area contributed by atoms with E-state index in [1.54, 1.807) is 32.0 Å². The van der Waals surface area contributed by atoms with E-state index in [1.165, 1.54) is 41.3 Å². The quantitative estimate of drug-likeness (QED) is 0.256. The van der Waals surface area contributed by atoms with E-state index in [0.717, 1.165) is 11.3 Å². The third-order valence-electron chi connectivity index (χ3n) is 5.34. The molecule has 0 saturated heterocycles. The summed E-state index contributed by atoms with van der Waals surface area (Å²) in [4.78, 5) is 43.1. The van der Waals surface area contributed by atoms with Crippen LogP contribution in [0.5, 0.6) is 5.75 Å². The summed E-state index contributed by atoms with van der Waals surface area (Å²) in [6.45, 7) is 2.99. The number of nitrogens with one attached hydrogen (secondary N) is 1. The molecule has 0 fully saturated rings. The Bertz CT molecular complexity index is 1470. The van der Waals surface area contributed by atoms with Gasteiger partial charge < -0.3 is 30.9 Å². The van der Waals surface area contributed by atoms with Crippen LogP contribution in [0.15, 0.2) is 59.1 Å². The number of thiazole rings is 1. The van der Waals surface area contributed by atoms with Gasteiger partial charge in [0.2, 0.25) is 11.7 Å². The number of nitrogens with zero attached hydrogens (tertiary/aromatic N) is 3. The summed E-state index contributed by atoms with van der Waals surface area (Å²) in [6, 6.07) is 12.3. The van der Waals surface area contributed by atoms with Gasteiger partial charge in [0.05, 0.1) is 0 Å². The number of carbonyl (C=O) groups excluding carboxylic acids is 3. The number of amides is 2. The Morgan fingerprint density at radius 3 is 2.45 bits per heavy atom. The Kier molecular flexibility index (Phi) is 7.67. The van der Waals surface area contributed by atoms with E-state index in [9.17, 15) is 18.8 Å². The smallest absolute Gasteiger partial charge is 0.263 e. The second kappa shape index (κ2) is 11.1. The summed E-state index contributed by atoms with van der Waals surface area (Å²) in [5, 5.41) is 6.46. The molecule has 2 amide bonds. The average molecular weight is 539 g/mol. The molecule has 1 atom stereocenters. The van der Waals surface area contributed by atoms with E-state index in [4.69, 9.17) is 20.7 Å². The van der Waals surface area contributed by atoms with E-state index >= 15 is 0 Å². The fraction of sp³-hybridized carbons (Fsp3) is 0.160. The first-order chi connectivity index (χ1) is 18.1. The normalized spacial score (nSPS) is 11.6. The number of benzene rings is 2. The van der Waals surface area contributed by atoms with Crippen LogP contribution in [-0.4, -0.2) is 40.4 Å². The number of hydrogen-bond acceptors (Lipinski definition) is 10. The highest BCUT2D eigenvalue weighted by Gasteiger charge is 2.27. The van der Waals surface area contributed by atoms with Gasteiger partial charge in [0.25, 0.3) is 5.91 Å². The number of aromatic nitrogens is 2. The molecule has 11 nitrogen and oxygen atoms in total. The molecular formula is C25H23FN6O5S. The third kappa shape index (κ3) is 5.95. The summed E-state index contributed by atoms with van der Waals surface area (Å²) in [5.74, 6) is -0.753. The topological polar surface area (TPSA) is 167 Å². The van der Waals surface area contributed by atoms with Crippen LogP contribution >= 0.6 is 11.3 Å². The second-order valence-corrected chi connectivity index (χ2v) is 9.13. The Morgan fingerprint density at radius 1 is 1.16 bits per heavy atom. The zero-order valence-corrected chi connectivity index (χ0v) is 21.1. The van der Waals surface area contributed by atoms with E-state index in [-0.39, 0.29) is 28.3 Å². The summed E-state index contributed by atoms with van der Waals surface area (Å²) in [5.41, 5.74) is 12.3. The van der Waals surface area contributed by atoms with Gasteiger partial charge in [0.1, 0.15) is 34.1 Å². The maximum absolute atomic E-state index is 13.5. The first-order valence-corrected chi connectivity index (χ1v) is 12.0. The molecule has 0 saturated carbocycles. The number of hydrogen-bond donors (Lipinski definition) is 3. The minimum Gasteiger partial charge on any atom is -0.484 e. The number of primary amides is 1. The number of carbonyl (C=O) groups is 3. The van der Waals surface area contributed by atoms with E-state index in [2.05, 4.69) is 15.5 Å². The molecule has 0 aliphatic carbocycles. The van der Waals surface area contributed by atoms with E-state index in [0.29, 0.717) is 22.8 Å². The van der Waals surface area contributed by atoms with E-state index in [1.807, 2.05) is 0 Å². The lowest BCUT2D eigenvalue weighted by atomic mass is 10.1. The number of rotatable bonds is 10. The van der Waals surface area contributed by atoms with Gasteiger partial charge in [-0.1, -0.05) is 16.5 Å². The van der Waals surface area contributed by atoms with Crippen LogP contribution in [0.2, 0.25) is 0 Å². The molecule has 1 unspecified atom stereocenters.